The molecule has 2 aromatic rings. The van der Waals surface area contributed by atoms with Gasteiger partial charge in [0.2, 0.25) is 5.91 Å². The Labute approximate surface area is 151 Å². The van der Waals surface area contributed by atoms with Gasteiger partial charge in [0.25, 0.3) is 0 Å². The second kappa shape index (κ2) is 7.83. The molecule has 3 nitrogen and oxygen atoms in total. The highest BCUT2D eigenvalue weighted by Crippen LogP contribution is 2.25. The SMILES string of the molecule is Cc1cc(C)c(NC(=O)C2CCN(Cc3ccccc3)CC2)c(C)c1. The number of hydrogen-bond donors (Lipinski definition) is 1. The van der Waals surface area contributed by atoms with Gasteiger partial charge in [-0.1, -0.05) is 48.0 Å². The van der Waals surface area contributed by atoms with Gasteiger partial charge < -0.3 is 5.32 Å². The predicted molar refractivity (Wildman–Crippen MR) is 104 cm³/mol. The number of nitrogens with zero attached hydrogens (tertiary/aromatic N) is 1. The first-order valence-electron chi connectivity index (χ1n) is 9.18. The van der Waals surface area contributed by atoms with Crippen LogP contribution < -0.4 is 5.32 Å². The number of amides is 1. The van der Waals surface area contributed by atoms with E-state index in [1.54, 1.807) is 0 Å². The number of benzene rings is 2. The van der Waals surface area contributed by atoms with E-state index >= 15 is 0 Å². The summed E-state index contributed by atoms with van der Waals surface area (Å²) < 4.78 is 0. The summed E-state index contributed by atoms with van der Waals surface area (Å²) in [7, 11) is 0. The summed E-state index contributed by atoms with van der Waals surface area (Å²) in [6, 6.07) is 14.8. The molecule has 1 N–H and O–H groups in total. The van der Waals surface area contributed by atoms with Gasteiger partial charge in [-0.2, -0.15) is 0 Å². The average molecular weight is 336 g/mol. The van der Waals surface area contributed by atoms with Gasteiger partial charge in [0, 0.05) is 18.2 Å². The van der Waals surface area contributed by atoms with Crippen LogP contribution in [0.25, 0.3) is 0 Å². The number of hydrogen-bond acceptors (Lipinski definition) is 2. The Balaban J connectivity index is 1.55. The van der Waals surface area contributed by atoms with Gasteiger partial charge in [-0.15, -0.1) is 0 Å². The normalized spacial score (nSPS) is 16.0. The van der Waals surface area contributed by atoms with Gasteiger partial charge >= 0.3 is 0 Å². The summed E-state index contributed by atoms with van der Waals surface area (Å²) in [4.78, 5) is 15.1. The lowest BCUT2D eigenvalue weighted by molar-refractivity contribution is -0.121. The van der Waals surface area contributed by atoms with Crippen LogP contribution in [-0.4, -0.2) is 23.9 Å². The summed E-state index contributed by atoms with van der Waals surface area (Å²) in [6.45, 7) is 9.17. The molecule has 1 saturated heterocycles. The highest BCUT2D eigenvalue weighted by molar-refractivity contribution is 5.94. The number of nitrogens with one attached hydrogen (secondary N) is 1. The largest absolute Gasteiger partial charge is 0.325 e. The Morgan fingerprint density at radius 2 is 1.64 bits per heavy atom. The third-order valence-electron chi connectivity index (χ3n) is 5.13. The molecule has 0 bridgehead atoms. The number of anilines is 1. The summed E-state index contributed by atoms with van der Waals surface area (Å²) in [5.41, 5.74) is 5.86. The number of aryl methyl sites for hydroxylation is 3. The Morgan fingerprint density at radius 3 is 2.24 bits per heavy atom. The van der Waals surface area contributed by atoms with E-state index in [9.17, 15) is 4.79 Å². The predicted octanol–water partition coefficient (Wildman–Crippen LogP) is 4.46. The highest BCUT2D eigenvalue weighted by atomic mass is 16.1. The molecule has 0 radical (unpaired) electrons. The van der Waals surface area contributed by atoms with Gasteiger partial charge in [0.1, 0.15) is 0 Å². The lowest BCUT2D eigenvalue weighted by Crippen LogP contribution is -2.37. The van der Waals surface area contributed by atoms with Crippen LogP contribution in [0.1, 0.15) is 35.1 Å². The van der Waals surface area contributed by atoms with Crippen LogP contribution in [0.3, 0.4) is 0 Å². The van der Waals surface area contributed by atoms with Crippen LogP contribution in [0.4, 0.5) is 5.69 Å². The molecule has 0 atom stereocenters. The van der Waals surface area contributed by atoms with Crippen molar-refractivity contribution < 1.29 is 4.79 Å². The van der Waals surface area contributed by atoms with E-state index < -0.39 is 0 Å². The molecular formula is C22H28N2O. The smallest absolute Gasteiger partial charge is 0.227 e. The fourth-order valence-corrected chi connectivity index (χ4v) is 3.80. The molecule has 0 spiro atoms. The van der Waals surface area contributed by atoms with Gasteiger partial charge in [0.15, 0.2) is 0 Å². The number of carbonyl (C=O) groups is 1. The zero-order valence-corrected chi connectivity index (χ0v) is 15.5. The van der Waals surface area contributed by atoms with Gasteiger partial charge in [-0.3, -0.25) is 9.69 Å². The third kappa shape index (κ3) is 4.49. The molecule has 1 amide bonds. The molecule has 3 heteroatoms. The quantitative estimate of drug-likeness (QED) is 0.894. The first-order valence-corrected chi connectivity index (χ1v) is 9.18. The second-order valence-electron chi connectivity index (χ2n) is 7.30. The van der Waals surface area contributed by atoms with Crippen LogP contribution in [-0.2, 0) is 11.3 Å². The van der Waals surface area contributed by atoms with Crippen molar-refractivity contribution in [2.45, 2.75) is 40.2 Å². The molecule has 0 unspecified atom stereocenters. The van der Waals surface area contributed by atoms with Crippen LogP contribution in [0, 0.1) is 26.7 Å². The number of likely N-dealkylation sites (tertiary alicyclic amines) is 1. The molecule has 1 heterocycles. The molecule has 132 valence electrons. The van der Waals surface area contributed by atoms with Crippen molar-refractivity contribution in [1.82, 2.24) is 4.90 Å². The summed E-state index contributed by atoms with van der Waals surface area (Å²) in [5, 5.41) is 3.18. The maximum Gasteiger partial charge on any atom is 0.227 e. The third-order valence-corrected chi connectivity index (χ3v) is 5.13. The maximum absolute atomic E-state index is 12.7. The van der Waals surface area contributed by atoms with Crippen molar-refractivity contribution in [3.63, 3.8) is 0 Å². The molecule has 0 aromatic heterocycles. The molecule has 0 aliphatic carbocycles. The van der Waals surface area contributed by atoms with Crippen LogP contribution in [0.15, 0.2) is 42.5 Å². The van der Waals surface area contributed by atoms with E-state index in [0.29, 0.717) is 0 Å². The van der Waals surface area contributed by atoms with Crippen molar-refractivity contribution in [3.05, 3.63) is 64.7 Å². The molecular weight excluding hydrogens is 308 g/mol. The molecule has 25 heavy (non-hydrogen) atoms. The number of rotatable bonds is 4. The van der Waals surface area contributed by atoms with Crippen LogP contribution in [0.2, 0.25) is 0 Å². The first-order chi connectivity index (χ1) is 12.0. The van der Waals surface area contributed by atoms with Gasteiger partial charge in [0.05, 0.1) is 0 Å². The van der Waals surface area contributed by atoms with E-state index in [2.05, 4.69) is 73.5 Å². The van der Waals surface area contributed by atoms with Crippen LogP contribution >= 0.6 is 0 Å². The zero-order chi connectivity index (χ0) is 17.8. The lowest BCUT2D eigenvalue weighted by atomic mass is 9.95. The zero-order valence-electron chi connectivity index (χ0n) is 15.5. The van der Waals surface area contributed by atoms with Crippen LogP contribution in [0.5, 0.6) is 0 Å². The van der Waals surface area contributed by atoms with Crippen molar-refractivity contribution >= 4 is 11.6 Å². The summed E-state index contributed by atoms with van der Waals surface area (Å²) in [5.74, 6) is 0.293. The van der Waals surface area contributed by atoms with Crippen molar-refractivity contribution in [2.75, 3.05) is 18.4 Å². The van der Waals surface area contributed by atoms with E-state index in [-0.39, 0.29) is 11.8 Å². The number of piperidine rings is 1. The standard InChI is InChI=1S/C22H28N2O/c1-16-13-17(2)21(18(3)14-16)23-22(25)20-9-11-24(12-10-20)15-19-7-5-4-6-8-19/h4-8,13-14,20H,9-12,15H2,1-3H3,(H,23,25). The Bertz CT molecular complexity index is 708. The average Bonchev–Trinajstić information content (AvgIpc) is 2.59. The summed E-state index contributed by atoms with van der Waals surface area (Å²) in [6.07, 6.45) is 1.87. The molecule has 3 rings (SSSR count). The first kappa shape index (κ1) is 17.7. The fourth-order valence-electron chi connectivity index (χ4n) is 3.80. The van der Waals surface area contributed by atoms with E-state index in [1.165, 1.54) is 11.1 Å². The second-order valence-corrected chi connectivity index (χ2v) is 7.30. The monoisotopic (exact) mass is 336 g/mol. The topological polar surface area (TPSA) is 32.3 Å². The molecule has 0 saturated carbocycles. The van der Waals surface area contributed by atoms with Gasteiger partial charge in [-0.05, 0) is 63.4 Å². The summed E-state index contributed by atoms with van der Waals surface area (Å²) >= 11 is 0. The lowest BCUT2D eigenvalue weighted by Gasteiger charge is -2.31. The van der Waals surface area contributed by atoms with Gasteiger partial charge in [-0.25, -0.2) is 0 Å². The molecule has 1 aliphatic heterocycles. The molecule has 2 aromatic carbocycles. The molecule has 1 fully saturated rings. The Hall–Kier alpha value is -2.13. The Morgan fingerprint density at radius 1 is 1.04 bits per heavy atom. The Kier molecular flexibility index (Phi) is 5.54. The van der Waals surface area contributed by atoms with E-state index in [0.717, 1.165) is 49.3 Å². The fraction of sp³-hybridized carbons (Fsp3) is 0.409. The minimum Gasteiger partial charge on any atom is -0.325 e. The number of carbonyl (C=O) groups excluding carboxylic acids is 1. The molecule has 1 aliphatic rings. The highest BCUT2D eigenvalue weighted by Gasteiger charge is 2.25. The van der Waals surface area contributed by atoms with Crippen molar-refractivity contribution in [3.8, 4) is 0 Å². The van der Waals surface area contributed by atoms with Crippen molar-refractivity contribution in [2.24, 2.45) is 5.92 Å². The van der Waals surface area contributed by atoms with E-state index in [1.807, 2.05) is 0 Å². The minimum absolute atomic E-state index is 0.118. The van der Waals surface area contributed by atoms with E-state index in [4.69, 9.17) is 0 Å². The van der Waals surface area contributed by atoms with Crippen molar-refractivity contribution in [1.29, 1.82) is 0 Å². The maximum atomic E-state index is 12.7. The minimum atomic E-state index is 0.118.